The van der Waals surface area contributed by atoms with Gasteiger partial charge in [0.1, 0.15) is 6.61 Å². The highest BCUT2D eigenvalue weighted by Crippen LogP contribution is 2.26. The minimum absolute atomic E-state index is 0.195. The molecule has 1 heterocycles. The van der Waals surface area contributed by atoms with Crippen LogP contribution < -0.4 is 14.8 Å². The molecule has 0 saturated carbocycles. The average Bonchev–Trinajstić information content (AvgIpc) is 2.42. The molecule has 1 aliphatic heterocycles. The van der Waals surface area contributed by atoms with Gasteiger partial charge in [0.25, 0.3) is 0 Å². The van der Waals surface area contributed by atoms with Crippen molar-refractivity contribution < 1.29 is 9.47 Å². The van der Waals surface area contributed by atoms with E-state index in [-0.39, 0.29) is 5.54 Å². The van der Waals surface area contributed by atoms with E-state index in [4.69, 9.17) is 9.47 Å². The summed E-state index contributed by atoms with van der Waals surface area (Å²) in [4.78, 5) is 2.48. The molecule has 0 spiro atoms. The second-order valence-corrected chi connectivity index (χ2v) is 5.70. The molecule has 1 aromatic rings. The third-order valence-corrected chi connectivity index (χ3v) is 3.74. The van der Waals surface area contributed by atoms with E-state index in [1.54, 1.807) is 0 Å². The van der Waals surface area contributed by atoms with Crippen molar-refractivity contribution in [1.29, 1.82) is 0 Å². The highest BCUT2D eigenvalue weighted by atomic mass is 16.5. The van der Waals surface area contributed by atoms with E-state index in [0.717, 1.165) is 37.7 Å². The molecule has 0 bridgehead atoms. The average molecular weight is 278 g/mol. The van der Waals surface area contributed by atoms with Gasteiger partial charge in [-0.05, 0) is 32.9 Å². The van der Waals surface area contributed by atoms with Crippen molar-refractivity contribution in [3.63, 3.8) is 0 Å². The first-order valence-corrected chi connectivity index (χ1v) is 7.44. The SMILES string of the molecule is CCOc1ccccc1OCCN1CCNCC1(C)C. The Balaban J connectivity index is 1.86. The van der Waals surface area contributed by atoms with Crippen LogP contribution in [0.5, 0.6) is 11.5 Å². The van der Waals surface area contributed by atoms with Crippen molar-refractivity contribution in [3.05, 3.63) is 24.3 Å². The van der Waals surface area contributed by atoms with E-state index in [1.165, 1.54) is 0 Å². The monoisotopic (exact) mass is 278 g/mol. The molecule has 20 heavy (non-hydrogen) atoms. The lowest BCUT2D eigenvalue weighted by molar-refractivity contribution is 0.0737. The fourth-order valence-corrected chi connectivity index (χ4v) is 2.55. The normalized spacial score (nSPS) is 18.8. The van der Waals surface area contributed by atoms with Crippen LogP contribution in [0.4, 0.5) is 0 Å². The van der Waals surface area contributed by atoms with Crippen molar-refractivity contribution in [2.45, 2.75) is 26.3 Å². The van der Waals surface area contributed by atoms with Gasteiger partial charge < -0.3 is 14.8 Å². The molecular formula is C16H26N2O2. The van der Waals surface area contributed by atoms with Gasteiger partial charge in [0, 0.05) is 31.7 Å². The smallest absolute Gasteiger partial charge is 0.161 e. The maximum absolute atomic E-state index is 5.90. The number of hydrogen-bond donors (Lipinski definition) is 1. The third kappa shape index (κ3) is 3.87. The molecule has 1 saturated heterocycles. The van der Waals surface area contributed by atoms with Gasteiger partial charge in [0.05, 0.1) is 6.61 Å². The molecule has 0 amide bonds. The maximum atomic E-state index is 5.90. The van der Waals surface area contributed by atoms with Gasteiger partial charge in [0.2, 0.25) is 0 Å². The van der Waals surface area contributed by atoms with Crippen LogP contribution in [0.3, 0.4) is 0 Å². The number of hydrogen-bond acceptors (Lipinski definition) is 4. The van der Waals surface area contributed by atoms with Gasteiger partial charge in [0.15, 0.2) is 11.5 Å². The van der Waals surface area contributed by atoms with E-state index in [0.29, 0.717) is 13.2 Å². The summed E-state index contributed by atoms with van der Waals surface area (Å²) in [5, 5.41) is 3.44. The lowest BCUT2D eigenvalue weighted by Gasteiger charge is -2.42. The maximum Gasteiger partial charge on any atom is 0.161 e. The van der Waals surface area contributed by atoms with Gasteiger partial charge in [-0.1, -0.05) is 12.1 Å². The fraction of sp³-hybridized carbons (Fsp3) is 0.625. The topological polar surface area (TPSA) is 33.7 Å². The molecule has 1 fully saturated rings. The summed E-state index contributed by atoms with van der Waals surface area (Å²) in [5.41, 5.74) is 0.195. The molecule has 4 nitrogen and oxygen atoms in total. The third-order valence-electron chi connectivity index (χ3n) is 3.74. The molecule has 4 heteroatoms. The summed E-state index contributed by atoms with van der Waals surface area (Å²) in [6.07, 6.45) is 0. The number of nitrogens with zero attached hydrogens (tertiary/aromatic N) is 1. The lowest BCUT2D eigenvalue weighted by atomic mass is 10.0. The van der Waals surface area contributed by atoms with Crippen molar-refractivity contribution >= 4 is 0 Å². The van der Waals surface area contributed by atoms with Crippen molar-refractivity contribution in [2.24, 2.45) is 0 Å². The van der Waals surface area contributed by atoms with Gasteiger partial charge in [-0.15, -0.1) is 0 Å². The largest absolute Gasteiger partial charge is 0.490 e. The van der Waals surface area contributed by atoms with E-state index in [2.05, 4.69) is 24.1 Å². The fourth-order valence-electron chi connectivity index (χ4n) is 2.55. The number of para-hydroxylation sites is 2. The van der Waals surface area contributed by atoms with Crippen molar-refractivity contribution in [2.75, 3.05) is 39.4 Å². The van der Waals surface area contributed by atoms with Gasteiger partial charge in [-0.3, -0.25) is 4.90 Å². The number of nitrogens with one attached hydrogen (secondary N) is 1. The Kier molecular flexibility index (Phi) is 5.26. The van der Waals surface area contributed by atoms with Crippen molar-refractivity contribution in [1.82, 2.24) is 10.2 Å². The van der Waals surface area contributed by atoms with Gasteiger partial charge in [-0.25, -0.2) is 0 Å². The highest BCUT2D eigenvalue weighted by Gasteiger charge is 2.28. The number of ether oxygens (including phenoxy) is 2. The van der Waals surface area contributed by atoms with E-state index >= 15 is 0 Å². The predicted molar refractivity (Wildman–Crippen MR) is 81.6 cm³/mol. The van der Waals surface area contributed by atoms with E-state index in [9.17, 15) is 0 Å². The molecule has 0 atom stereocenters. The predicted octanol–water partition coefficient (Wildman–Crippen LogP) is 2.15. The van der Waals surface area contributed by atoms with Crippen LogP contribution in [0.15, 0.2) is 24.3 Å². The molecule has 0 radical (unpaired) electrons. The lowest BCUT2D eigenvalue weighted by Crippen LogP contribution is -2.58. The number of benzene rings is 1. The number of rotatable bonds is 6. The molecular weight excluding hydrogens is 252 g/mol. The van der Waals surface area contributed by atoms with Crippen LogP contribution in [-0.2, 0) is 0 Å². The molecule has 1 aromatic carbocycles. The van der Waals surface area contributed by atoms with Crippen LogP contribution in [0.1, 0.15) is 20.8 Å². The standard InChI is InChI=1S/C16H26N2O2/c1-4-19-14-7-5-6-8-15(14)20-12-11-18-10-9-17-13-16(18,2)3/h5-8,17H,4,9-13H2,1-3H3. The summed E-state index contributed by atoms with van der Waals surface area (Å²) in [7, 11) is 0. The molecule has 1 N–H and O–H groups in total. The van der Waals surface area contributed by atoms with Gasteiger partial charge in [-0.2, -0.15) is 0 Å². The first-order valence-electron chi connectivity index (χ1n) is 7.44. The zero-order chi connectivity index (χ0) is 14.4. The Morgan fingerprint density at radius 2 is 1.90 bits per heavy atom. The minimum atomic E-state index is 0.195. The molecule has 0 aromatic heterocycles. The Hall–Kier alpha value is -1.26. The molecule has 0 unspecified atom stereocenters. The summed E-state index contributed by atoms with van der Waals surface area (Å²) >= 11 is 0. The summed E-state index contributed by atoms with van der Waals surface area (Å²) < 4.78 is 11.5. The summed E-state index contributed by atoms with van der Waals surface area (Å²) in [6.45, 7) is 12.0. The minimum Gasteiger partial charge on any atom is -0.490 e. The van der Waals surface area contributed by atoms with Gasteiger partial charge >= 0.3 is 0 Å². The quantitative estimate of drug-likeness (QED) is 0.864. The first-order chi connectivity index (χ1) is 9.63. The zero-order valence-corrected chi connectivity index (χ0v) is 12.8. The molecule has 0 aliphatic carbocycles. The second-order valence-electron chi connectivity index (χ2n) is 5.70. The van der Waals surface area contributed by atoms with Crippen LogP contribution in [-0.4, -0.2) is 49.8 Å². The van der Waals surface area contributed by atoms with Crippen LogP contribution in [0.2, 0.25) is 0 Å². The zero-order valence-electron chi connectivity index (χ0n) is 12.8. The van der Waals surface area contributed by atoms with Crippen LogP contribution in [0, 0.1) is 0 Å². The molecule has 112 valence electrons. The van der Waals surface area contributed by atoms with E-state index < -0.39 is 0 Å². The Morgan fingerprint density at radius 1 is 1.20 bits per heavy atom. The van der Waals surface area contributed by atoms with E-state index in [1.807, 2.05) is 31.2 Å². The Morgan fingerprint density at radius 3 is 2.55 bits per heavy atom. The summed E-state index contributed by atoms with van der Waals surface area (Å²) in [5.74, 6) is 1.66. The van der Waals surface area contributed by atoms with Crippen LogP contribution in [0.25, 0.3) is 0 Å². The summed E-state index contributed by atoms with van der Waals surface area (Å²) in [6, 6.07) is 7.87. The van der Waals surface area contributed by atoms with Crippen LogP contribution >= 0.6 is 0 Å². The second kappa shape index (κ2) is 6.95. The first kappa shape index (κ1) is 15.1. The molecule has 1 aliphatic rings. The highest BCUT2D eigenvalue weighted by molar-refractivity contribution is 5.39. The van der Waals surface area contributed by atoms with Crippen molar-refractivity contribution in [3.8, 4) is 11.5 Å². The molecule has 2 rings (SSSR count). The Bertz CT molecular complexity index is 421. The number of piperazine rings is 1. The Labute approximate surface area is 122 Å².